The van der Waals surface area contributed by atoms with Gasteiger partial charge in [-0.1, -0.05) is 6.42 Å². The predicted molar refractivity (Wildman–Crippen MR) is 135 cm³/mol. The number of hydrogen-bond acceptors (Lipinski definition) is 6. The normalized spacial score (nSPS) is 22.4. The van der Waals surface area contributed by atoms with Gasteiger partial charge in [0, 0.05) is 47.5 Å². The fourth-order valence-corrected chi connectivity index (χ4v) is 6.65. The van der Waals surface area contributed by atoms with Gasteiger partial charge in [0.15, 0.2) is 0 Å². The van der Waals surface area contributed by atoms with Crippen molar-refractivity contribution in [2.24, 2.45) is 17.6 Å². The number of halogens is 1. The van der Waals surface area contributed by atoms with E-state index in [1.807, 2.05) is 6.07 Å². The molecule has 1 aromatic carbocycles. The van der Waals surface area contributed by atoms with Crippen LogP contribution in [0.4, 0.5) is 4.39 Å². The third kappa shape index (κ3) is 6.20. The fraction of sp³-hybridized carbons (Fsp3) is 0.615. The third-order valence-electron chi connectivity index (χ3n) is 7.51. The van der Waals surface area contributed by atoms with Crippen LogP contribution in [0.2, 0.25) is 0 Å². The Morgan fingerprint density at radius 1 is 1.35 bits per heavy atom. The minimum absolute atomic E-state index is 0.103. The molecule has 186 valence electrons. The Kier molecular flexibility index (Phi) is 8.66. The Hall–Kier alpha value is -1.90. The van der Waals surface area contributed by atoms with Crippen LogP contribution in [0.5, 0.6) is 5.75 Å². The number of thioether (sulfide) groups is 1. The van der Waals surface area contributed by atoms with Crippen LogP contribution in [0, 0.1) is 17.7 Å². The summed E-state index contributed by atoms with van der Waals surface area (Å²) in [4.78, 5) is 18.2. The molecule has 2 aliphatic rings. The monoisotopic (exact) mass is 489 g/mol. The van der Waals surface area contributed by atoms with Crippen molar-refractivity contribution >= 4 is 28.6 Å². The molecule has 4 rings (SSSR count). The van der Waals surface area contributed by atoms with Crippen LogP contribution in [-0.2, 0) is 4.79 Å². The van der Waals surface area contributed by atoms with Crippen LogP contribution in [-0.4, -0.2) is 58.7 Å². The van der Waals surface area contributed by atoms with E-state index in [1.165, 1.54) is 25.5 Å². The van der Waals surface area contributed by atoms with Gasteiger partial charge in [-0.15, -0.1) is 0 Å². The standard InChI is InChI=1S/C26H36FN3O3S/c1-33-19-6-8-24-21(14-19)26(22(27)15-29-24)23(28)7-5-17-9-10-30(16-18(17)13-25(31)32)11-12-34-20-3-2-4-20/h6,8,14-15,17-18,20,23H,2-5,7,9-13,16,28H2,1H3,(H,31,32)/t17-,18+,23+/m1/s1. The number of ether oxygens (including phenoxy) is 1. The smallest absolute Gasteiger partial charge is 0.303 e. The number of aromatic nitrogens is 1. The van der Waals surface area contributed by atoms with E-state index in [2.05, 4.69) is 21.6 Å². The fourth-order valence-electron chi connectivity index (χ4n) is 5.29. The molecular formula is C26H36FN3O3S. The third-order valence-corrected chi connectivity index (χ3v) is 8.87. The molecule has 1 saturated carbocycles. The van der Waals surface area contributed by atoms with Crippen molar-refractivity contribution in [1.29, 1.82) is 0 Å². The first-order valence-electron chi connectivity index (χ1n) is 12.4. The number of likely N-dealkylation sites (tertiary alicyclic amines) is 1. The Bertz CT molecular complexity index is 987. The number of nitrogens with zero attached hydrogens (tertiary/aromatic N) is 2. The number of pyridine rings is 1. The van der Waals surface area contributed by atoms with Crippen LogP contribution < -0.4 is 10.5 Å². The van der Waals surface area contributed by atoms with Crippen LogP contribution in [0.15, 0.2) is 24.4 Å². The Morgan fingerprint density at radius 2 is 2.18 bits per heavy atom. The van der Waals surface area contributed by atoms with Gasteiger partial charge in [-0.3, -0.25) is 9.78 Å². The van der Waals surface area contributed by atoms with Crippen molar-refractivity contribution < 1.29 is 19.0 Å². The zero-order chi connectivity index (χ0) is 24.1. The first kappa shape index (κ1) is 25.2. The van der Waals surface area contributed by atoms with Crippen molar-refractivity contribution in [3.8, 4) is 5.75 Å². The molecule has 0 radical (unpaired) electrons. The van der Waals surface area contributed by atoms with E-state index >= 15 is 0 Å². The molecule has 0 unspecified atom stereocenters. The number of methoxy groups -OCH3 is 1. The van der Waals surface area contributed by atoms with Gasteiger partial charge in [-0.25, -0.2) is 4.39 Å². The van der Waals surface area contributed by atoms with Crippen molar-refractivity contribution in [2.45, 2.75) is 56.2 Å². The lowest BCUT2D eigenvalue weighted by Gasteiger charge is -2.39. The van der Waals surface area contributed by atoms with Crippen molar-refractivity contribution in [3.05, 3.63) is 35.8 Å². The lowest BCUT2D eigenvalue weighted by molar-refractivity contribution is -0.139. The minimum Gasteiger partial charge on any atom is -0.497 e. The van der Waals surface area contributed by atoms with E-state index in [0.29, 0.717) is 28.6 Å². The molecular weight excluding hydrogens is 453 g/mol. The van der Waals surface area contributed by atoms with Crippen molar-refractivity contribution in [3.63, 3.8) is 0 Å². The van der Waals surface area contributed by atoms with Gasteiger partial charge in [0.1, 0.15) is 11.6 Å². The van der Waals surface area contributed by atoms with Crippen LogP contribution in [0.25, 0.3) is 10.9 Å². The quantitative estimate of drug-likeness (QED) is 0.466. The SMILES string of the molecule is COc1ccc2ncc(F)c([C@@H](N)CC[C@@H]3CCN(CCSC4CCC4)C[C@@H]3CC(=O)O)c2c1. The maximum absolute atomic E-state index is 14.8. The maximum Gasteiger partial charge on any atom is 0.303 e. The van der Waals surface area contributed by atoms with E-state index in [-0.39, 0.29) is 18.3 Å². The van der Waals surface area contributed by atoms with Gasteiger partial charge in [0.25, 0.3) is 0 Å². The lowest BCUT2D eigenvalue weighted by Crippen LogP contribution is -2.42. The summed E-state index contributed by atoms with van der Waals surface area (Å²) in [5.41, 5.74) is 7.67. The van der Waals surface area contributed by atoms with Gasteiger partial charge >= 0.3 is 5.97 Å². The topological polar surface area (TPSA) is 88.7 Å². The van der Waals surface area contributed by atoms with Gasteiger partial charge in [0.2, 0.25) is 0 Å². The van der Waals surface area contributed by atoms with Gasteiger partial charge in [-0.2, -0.15) is 11.8 Å². The molecule has 8 heteroatoms. The summed E-state index contributed by atoms with van der Waals surface area (Å²) < 4.78 is 20.1. The molecule has 1 aliphatic carbocycles. The van der Waals surface area contributed by atoms with Gasteiger partial charge in [-0.05, 0) is 68.7 Å². The van der Waals surface area contributed by atoms with Crippen molar-refractivity contribution in [1.82, 2.24) is 9.88 Å². The first-order valence-corrected chi connectivity index (χ1v) is 13.4. The van der Waals surface area contributed by atoms with Gasteiger partial charge < -0.3 is 20.5 Å². The number of benzene rings is 1. The zero-order valence-corrected chi connectivity index (χ0v) is 20.7. The number of carboxylic acids is 1. The second-order valence-corrected chi connectivity index (χ2v) is 11.1. The summed E-state index contributed by atoms with van der Waals surface area (Å²) in [5, 5.41) is 11.0. The van der Waals surface area contributed by atoms with Crippen LogP contribution in [0.1, 0.15) is 56.6 Å². The second kappa shape index (κ2) is 11.7. The van der Waals surface area contributed by atoms with E-state index in [0.717, 1.165) is 43.5 Å². The highest BCUT2D eigenvalue weighted by molar-refractivity contribution is 7.99. The summed E-state index contributed by atoms with van der Waals surface area (Å²) in [7, 11) is 1.58. The Balaban J connectivity index is 1.38. The molecule has 1 aromatic heterocycles. The van der Waals surface area contributed by atoms with E-state index in [1.54, 1.807) is 19.2 Å². The summed E-state index contributed by atoms with van der Waals surface area (Å²) in [6.07, 6.45) is 7.81. The molecule has 0 amide bonds. The summed E-state index contributed by atoms with van der Waals surface area (Å²) in [6.45, 7) is 2.84. The average molecular weight is 490 g/mol. The molecule has 3 atom stereocenters. The number of piperidine rings is 1. The predicted octanol–water partition coefficient (Wildman–Crippen LogP) is 4.86. The highest BCUT2D eigenvalue weighted by atomic mass is 32.2. The molecule has 34 heavy (non-hydrogen) atoms. The van der Waals surface area contributed by atoms with Crippen LogP contribution in [0.3, 0.4) is 0 Å². The number of carbonyl (C=O) groups is 1. The molecule has 0 spiro atoms. The number of aliphatic carboxylic acids is 1. The molecule has 1 saturated heterocycles. The largest absolute Gasteiger partial charge is 0.497 e. The highest BCUT2D eigenvalue weighted by Gasteiger charge is 2.31. The number of hydrogen-bond donors (Lipinski definition) is 2. The molecule has 2 heterocycles. The highest BCUT2D eigenvalue weighted by Crippen LogP contribution is 2.36. The molecule has 6 nitrogen and oxygen atoms in total. The molecule has 3 N–H and O–H groups in total. The van der Waals surface area contributed by atoms with Gasteiger partial charge in [0.05, 0.1) is 18.8 Å². The maximum atomic E-state index is 14.8. The summed E-state index contributed by atoms with van der Waals surface area (Å²) >= 11 is 2.07. The van der Waals surface area contributed by atoms with Crippen molar-refractivity contribution in [2.75, 3.05) is 32.5 Å². The summed E-state index contributed by atoms with van der Waals surface area (Å²) in [5.74, 6) is 0.988. The van der Waals surface area contributed by atoms with E-state index < -0.39 is 17.8 Å². The average Bonchev–Trinajstić information content (AvgIpc) is 2.79. The Morgan fingerprint density at radius 3 is 2.88 bits per heavy atom. The lowest BCUT2D eigenvalue weighted by atomic mass is 9.79. The molecule has 2 aromatic rings. The molecule has 2 fully saturated rings. The summed E-state index contributed by atoms with van der Waals surface area (Å²) in [6, 6.07) is 4.91. The first-order chi connectivity index (χ1) is 16.4. The minimum atomic E-state index is -0.747. The van der Waals surface area contributed by atoms with E-state index in [9.17, 15) is 14.3 Å². The number of fused-ring (bicyclic) bond motifs is 1. The van der Waals surface area contributed by atoms with E-state index in [4.69, 9.17) is 10.5 Å². The second-order valence-electron chi connectivity index (χ2n) is 9.72. The van der Waals surface area contributed by atoms with Crippen LogP contribution >= 0.6 is 11.8 Å². The number of rotatable bonds is 11. The number of nitrogens with two attached hydrogens (primary N) is 1. The molecule has 0 bridgehead atoms. The molecule has 1 aliphatic heterocycles. The Labute approximate surface area is 205 Å². The number of carboxylic acid groups (broad SMARTS) is 1. The zero-order valence-electron chi connectivity index (χ0n) is 19.9.